The number of hydrogen-bond donors (Lipinski definition) is 0. The molecule has 5 rings (SSSR count). The summed E-state index contributed by atoms with van der Waals surface area (Å²) >= 11 is 0. The molecule has 0 saturated heterocycles. The molecule has 3 heteroatoms. The fraction of sp³-hybridized carbons (Fsp3) is 0.0714. The summed E-state index contributed by atoms with van der Waals surface area (Å²) in [5.41, 5.74) is 6.42. The van der Waals surface area contributed by atoms with Crippen molar-refractivity contribution >= 4 is 16.8 Å². The van der Waals surface area contributed by atoms with Gasteiger partial charge in [0.05, 0.1) is 0 Å². The fourth-order valence-electron chi connectivity index (χ4n) is 4.00. The van der Waals surface area contributed by atoms with Crippen molar-refractivity contribution in [1.29, 1.82) is 0 Å². The summed E-state index contributed by atoms with van der Waals surface area (Å²) in [6.07, 6.45) is 2.05. The van der Waals surface area contributed by atoms with Crippen LogP contribution in [0, 0.1) is 0 Å². The molecule has 5 aromatic rings. The van der Waals surface area contributed by atoms with Crippen LogP contribution in [0.25, 0.3) is 22.2 Å². The lowest BCUT2D eigenvalue weighted by molar-refractivity contribution is -0.663. The first kappa shape index (κ1) is 19.0. The average Bonchev–Trinajstić information content (AvgIpc) is 3.17. The van der Waals surface area contributed by atoms with E-state index in [0.717, 1.165) is 34.3 Å². The zero-order chi connectivity index (χ0) is 21.0. The van der Waals surface area contributed by atoms with Gasteiger partial charge in [0.2, 0.25) is 12.1 Å². The van der Waals surface area contributed by atoms with Gasteiger partial charge in [0.1, 0.15) is 6.54 Å². The van der Waals surface area contributed by atoms with Crippen LogP contribution in [0.4, 0.5) is 0 Å². The van der Waals surface area contributed by atoms with Gasteiger partial charge in [-0.05, 0) is 28.8 Å². The fourth-order valence-corrected chi connectivity index (χ4v) is 4.00. The van der Waals surface area contributed by atoms with Gasteiger partial charge in [0.25, 0.3) is 0 Å². The molecular weight excluding hydrogens is 380 g/mol. The Morgan fingerprint density at radius 2 is 1.29 bits per heavy atom. The summed E-state index contributed by atoms with van der Waals surface area (Å²) in [7, 11) is 0. The highest BCUT2D eigenvalue weighted by Gasteiger charge is 2.18. The lowest BCUT2D eigenvalue weighted by Gasteiger charge is -2.03. The summed E-state index contributed by atoms with van der Waals surface area (Å²) in [6, 6.07) is 36.7. The average molecular weight is 404 g/mol. The van der Waals surface area contributed by atoms with E-state index in [0.29, 0.717) is 6.54 Å². The van der Waals surface area contributed by atoms with Crippen molar-refractivity contribution in [3.8, 4) is 11.1 Å². The molecule has 1 heterocycles. The summed E-state index contributed by atoms with van der Waals surface area (Å²) in [5, 5.41) is 0. The topological polar surface area (TPSA) is 25.9 Å². The quantitative estimate of drug-likeness (QED) is 0.270. The van der Waals surface area contributed by atoms with E-state index in [1.54, 1.807) is 0 Å². The van der Waals surface area contributed by atoms with Gasteiger partial charge in [-0.2, -0.15) is 0 Å². The molecule has 0 fully saturated rings. The number of rotatable bonds is 6. The van der Waals surface area contributed by atoms with Crippen molar-refractivity contribution in [3.63, 3.8) is 0 Å². The van der Waals surface area contributed by atoms with Crippen molar-refractivity contribution in [1.82, 2.24) is 4.57 Å². The highest BCUT2D eigenvalue weighted by atomic mass is 16.1. The van der Waals surface area contributed by atoms with Gasteiger partial charge >= 0.3 is 0 Å². The number of benzene rings is 4. The maximum Gasteiger partial charge on any atom is 0.245 e. The van der Waals surface area contributed by atoms with Crippen LogP contribution < -0.4 is 4.57 Å². The van der Waals surface area contributed by atoms with E-state index >= 15 is 0 Å². The third-order valence-electron chi connectivity index (χ3n) is 5.60. The molecule has 150 valence electrons. The van der Waals surface area contributed by atoms with Crippen LogP contribution >= 0.6 is 0 Å². The Labute approximate surface area is 181 Å². The molecule has 0 aliphatic carbocycles. The standard InChI is InChI=1S/C28H23N2O/c31-28(25-17-15-24(16-18-25)23-11-5-2-6-12-23)20-30-21-29(19-22-9-3-1-4-10-22)26-13-7-8-14-27(26)30/h1-18,21H,19-20H2/q+1. The largest absolute Gasteiger partial charge is 0.290 e. The summed E-state index contributed by atoms with van der Waals surface area (Å²) < 4.78 is 4.25. The van der Waals surface area contributed by atoms with Crippen LogP contribution in [0.3, 0.4) is 0 Å². The van der Waals surface area contributed by atoms with Gasteiger partial charge < -0.3 is 0 Å². The lowest BCUT2D eigenvalue weighted by atomic mass is 10.0. The number of ketones is 1. The number of fused-ring (bicyclic) bond motifs is 1. The molecule has 4 aromatic carbocycles. The minimum atomic E-state index is 0.104. The Morgan fingerprint density at radius 1 is 0.677 bits per heavy atom. The maximum atomic E-state index is 13.0. The number of hydrogen-bond acceptors (Lipinski definition) is 1. The van der Waals surface area contributed by atoms with E-state index in [2.05, 4.69) is 53.1 Å². The predicted molar refractivity (Wildman–Crippen MR) is 124 cm³/mol. The molecule has 0 saturated carbocycles. The first-order valence-corrected chi connectivity index (χ1v) is 10.5. The summed E-state index contributed by atoms with van der Waals surface area (Å²) in [4.78, 5) is 13.0. The van der Waals surface area contributed by atoms with Crippen LogP contribution in [0.5, 0.6) is 0 Å². The molecule has 0 atom stereocenters. The number of carbonyl (C=O) groups is 1. The van der Waals surface area contributed by atoms with Crippen LogP contribution in [0.15, 0.2) is 116 Å². The molecule has 0 N–H and O–H groups in total. The van der Waals surface area contributed by atoms with Gasteiger partial charge in [-0.15, -0.1) is 0 Å². The van der Waals surface area contributed by atoms with Crippen molar-refractivity contribution in [2.45, 2.75) is 13.1 Å². The summed E-state index contributed by atoms with van der Waals surface area (Å²) in [5.74, 6) is 0.104. The van der Waals surface area contributed by atoms with Gasteiger partial charge in [0, 0.05) is 5.56 Å². The van der Waals surface area contributed by atoms with E-state index in [1.165, 1.54) is 5.56 Å². The second kappa shape index (κ2) is 8.41. The van der Waals surface area contributed by atoms with E-state index in [4.69, 9.17) is 0 Å². The number of para-hydroxylation sites is 2. The molecular formula is C28H23N2O+. The second-order valence-electron chi connectivity index (χ2n) is 7.71. The first-order valence-electron chi connectivity index (χ1n) is 10.5. The van der Waals surface area contributed by atoms with E-state index in [1.807, 2.05) is 71.6 Å². The third kappa shape index (κ3) is 4.03. The number of aromatic nitrogens is 2. The van der Waals surface area contributed by atoms with Crippen molar-refractivity contribution in [3.05, 3.63) is 127 Å². The summed E-state index contributed by atoms with van der Waals surface area (Å²) in [6.45, 7) is 1.08. The minimum Gasteiger partial charge on any atom is -0.290 e. The van der Waals surface area contributed by atoms with Gasteiger partial charge in [0.15, 0.2) is 17.6 Å². The monoisotopic (exact) mass is 403 g/mol. The van der Waals surface area contributed by atoms with Crippen molar-refractivity contribution in [2.75, 3.05) is 0 Å². The minimum absolute atomic E-state index is 0.104. The molecule has 0 aliphatic rings. The molecule has 0 amide bonds. The second-order valence-corrected chi connectivity index (χ2v) is 7.71. The zero-order valence-electron chi connectivity index (χ0n) is 17.2. The molecule has 0 bridgehead atoms. The predicted octanol–water partition coefficient (Wildman–Crippen LogP) is 5.53. The number of imidazole rings is 1. The van der Waals surface area contributed by atoms with Gasteiger partial charge in [-0.25, -0.2) is 9.13 Å². The number of carbonyl (C=O) groups excluding carboxylic acids is 1. The van der Waals surface area contributed by atoms with Crippen LogP contribution in [0.1, 0.15) is 15.9 Å². The van der Waals surface area contributed by atoms with Crippen LogP contribution in [0.2, 0.25) is 0 Å². The van der Waals surface area contributed by atoms with E-state index < -0.39 is 0 Å². The molecule has 0 aliphatic heterocycles. The first-order chi connectivity index (χ1) is 15.3. The highest BCUT2D eigenvalue weighted by Crippen LogP contribution is 2.20. The Hall–Kier alpha value is -3.98. The molecule has 3 nitrogen and oxygen atoms in total. The van der Waals surface area contributed by atoms with Crippen molar-refractivity contribution < 1.29 is 9.36 Å². The lowest BCUT2D eigenvalue weighted by Crippen LogP contribution is -2.33. The Morgan fingerprint density at radius 3 is 2.03 bits per heavy atom. The molecule has 1 aromatic heterocycles. The normalized spacial score (nSPS) is 11.0. The van der Waals surface area contributed by atoms with Crippen LogP contribution in [-0.2, 0) is 13.1 Å². The highest BCUT2D eigenvalue weighted by molar-refractivity contribution is 5.97. The third-order valence-corrected chi connectivity index (χ3v) is 5.60. The Bertz CT molecular complexity index is 1320. The zero-order valence-corrected chi connectivity index (χ0v) is 17.2. The molecule has 31 heavy (non-hydrogen) atoms. The maximum absolute atomic E-state index is 13.0. The Kier molecular flexibility index (Phi) is 5.16. The Balaban J connectivity index is 1.40. The van der Waals surface area contributed by atoms with Gasteiger partial charge in [-0.3, -0.25) is 4.79 Å². The number of Topliss-reactive ketones (excluding diaryl/α,β-unsaturated/α-hetero) is 1. The van der Waals surface area contributed by atoms with Gasteiger partial charge in [-0.1, -0.05) is 97.1 Å². The number of nitrogens with zero attached hydrogens (tertiary/aromatic N) is 2. The van der Waals surface area contributed by atoms with Crippen LogP contribution in [-0.4, -0.2) is 10.4 Å². The molecule has 0 spiro atoms. The van der Waals surface area contributed by atoms with Crippen molar-refractivity contribution in [2.24, 2.45) is 0 Å². The van der Waals surface area contributed by atoms with E-state index in [-0.39, 0.29) is 5.78 Å². The smallest absolute Gasteiger partial charge is 0.245 e. The SMILES string of the molecule is O=C(Cn1c[n+](Cc2ccccc2)c2ccccc21)c1ccc(-c2ccccc2)cc1. The van der Waals surface area contributed by atoms with E-state index in [9.17, 15) is 4.79 Å². The molecule has 0 radical (unpaired) electrons. The molecule has 0 unspecified atom stereocenters.